The molecule has 0 aromatic heterocycles. The van der Waals surface area contributed by atoms with E-state index in [4.69, 9.17) is 20.8 Å². The van der Waals surface area contributed by atoms with Gasteiger partial charge in [-0.25, -0.2) is 0 Å². The van der Waals surface area contributed by atoms with Crippen LogP contribution in [0.5, 0.6) is 11.5 Å². The third-order valence-corrected chi connectivity index (χ3v) is 5.48. The fourth-order valence-corrected chi connectivity index (χ4v) is 4.11. The van der Waals surface area contributed by atoms with E-state index in [1.807, 2.05) is 12.1 Å². The molecule has 1 saturated carbocycles. The fraction of sp³-hybridized carbons (Fsp3) is 0.700. The molecular formula is C20H31NO4. The zero-order valence-corrected chi connectivity index (χ0v) is 15.4. The first-order valence-corrected chi connectivity index (χ1v) is 9.43. The average Bonchev–Trinajstić information content (AvgIpc) is 3.17. The predicted molar refractivity (Wildman–Crippen MR) is 97.4 cm³/mol. The molecule has 5 heteroatoms. The second kappa shape index (κ2) is 8.88. The SMILES string of the molecule is [2H]O[C@@H]1CCN([C@@H]2CCCC[C@H]2OCCc2ccc(OC)c(OC)c2)C1. The van der Waals surface area contributed by atoms with Crippen LogP contribution in [-0.2, 0) is 11.2 Å². The van der Waals surface area contributed by atoms with Gasteiger partial charge in [0.25, 0.3) is 0 Å². The predicted octanol–water partition coefficient (Wildman–Crippen LogP) is 2.64. The molecule has 1 aromatic carbocycles. The first kappa shape index (κ1) is 17.1. The second-order valence-corrected chi connectivity index (χ2v) is 7.11. The number of β-amino-alcohol motifs (C(OH)–C–C–N with tert-alkyl or cyclic N) is 1. The van der Waals surface area contributed by atoms with Gasteiger partial charge in [0.2, 0.25) is 1.43 Å². The Bertz CT molecular complexity index is 571. The van der Waals surface area contributed by atoms with Gasteiger partial charge in [0.15, 0.2) is 11.5 Å². The van der Waals surface area contributed by atoms with Crippen molar-refractivity contribution >= 4 is 0 Å². The molecule has 3 rings (SSSR count). The first-order valence-electron chi connectivity index (χ1n) is 9.84. The van der Waals surface area contributed by atoms with Crippen LogP contribution in [0.15, 0.2) is 18.2 Å². The Labute approximate surface area is 152 Å². The number of likely N-dealkylation sites (tertiary alicyclic amines) is 1. The van der Waals surface area contributed by atoms with Crippen molar-refractivity contribution in [2.45, 2.75) is 56.8 Å². The van der Waals surface area contributed by atoms with Crippen LogP contribution >= 0.6 is 0 Å². The van der Waals surface area contributed by atoms with Crippen molar-refractivity contribution in [1.82, 2.24) is 4.90 Å². The highest BCUT2D eigenvalue weighted by atomic mass is 16.5. The molecule has 0 amide bonds. The molecule has 1 aliphatic heterocycles. The molecule has 1 aromatic rings. The number of rotatable bonds is 8. The van der Waals surface area contributed by atoms with Crippen molar-refractivity contribution in [2.75, 3.05) is 33.9 Å². The molecule has 1 N–H and O–H groups in total. The Morgan fingerprint density at radius 1 is 1.16 bits per heavy atom. The van der Waals surface area contributed by atoms with Crippen LogP contribution in [0.3, 0.4) is 0 Å². The number of nitrogens with zero attached hydrogens (tertiary/aromatic N) is 1. The summed E-state index contributed by atoms with van der Waals surface area (Å²) in [4.78, 5) is 2.47. The minimum absolute atomic E-state index is 0.0596. The highest BCUT2D eigenvalue weighted by Gasteiger charge is 2.34. The zero-order valence-electron chi connectivity index (χ0n) is 16.4. The van der Waals surface area contributed by atoms with Crippen molar-refractivity contribution in [3.05, 3.63) is 23.8 Å². The number of methoxy groups -OCH3 is 2. The monoisotopic (exact) mass is 350 g/mol. The normalized spacial score (nSPS) is 27.9. The van der Waals surface area contributed by atoms with Crippen LogP contribution in [0.4, 0.5) is 0 Å². The lowest BCUT2D eigenvalue weighted by molar-refractivity contribution is -0.0316. The largest absolute Gasteiger partial charge is 0.493 e. The molecule has 0 radical (unpaired) electrons. The summed E-state index contributed by atoms with van der Waals surface area (Å²) in [5, 5.41) is 4.79. The van der Waals surface area contributed by atoms with Crippen molar-refractivity contribution in [3.8, 4) is 11.5 Å². The highest BCUT2D eigenvalue weighted by molar-refractivity contribution is 5.42. The van der Waals surface area contributed by atoms with Crippen molar-refractivity contribution in [2.24, 2.45) is 0 Å². The summed E-state index contributed by atoms with van der Waals surface area (Å²) in [7, 11) is 3.31. The summed E-state index contributed by atoms with van der Waals surface area (Å²) in [5.41, 5.74) is 1.19. The number of aliphatic hydroxyl groups is 1. The lowest BCUT2D eigenvalue weighted by Crippen LogP contribution is -2.46. The van der Waals surface area contributed by atoms with Gasteiger partial charge < -0.3 is 19.3 Å². The van der Waals surface area contributed by atoms with Crippen LogP contribution < -0.4 is 9.47 Å². The van der Waals surface area contributed by atoms with E-state index in [-0.39, 0.29) is 12.2 Å². The number of ether oxygens (including phenoxy) is 3. The summed E-state index contributed by atoms with van der Waals surface area (Å²) < 4.78 is 24.1. The van der Waals surface area contributed by atoms with E-state index < -0.39 is 0 Å². The van der Waals surface area contributed by atoms with Gasteiger partial charge in [0.1, 0.15) is 0 Å². The molecule has 2 fully saturated rings. The van der Waals surface area contributed by atoms with Gasteiger partial charge in [-0.2, -0.15) is 0 Å². The summed E-state index contributed by atoms with van der Waals surface area (Å²) in [6, 6.07) is 6.51. The van der Waals surface area contributed by atoms with Crippen molar-refractivity contribution in [1.29, 1.82) is 1.43 Å². The molecule has 25 heavy (non-hydrogen) atoms. The van der Waals surface area contributed by atoms with Gasteiger partial charge in [-0.15, -0.1) is 0 Å². The lowest BCUT2D eigenvalue weighted by Gasteiger charge is -2.37. The lowest BCUT2D eigenvalue weighted by atomic mass is 9.91. The molecule has 5 nitrogen and oxygen atoms in total. The molecule has 1 heterocycles. The molecule has 0 spiro atoms. The van der Waals surface area contributed by atoms with E-state index in [9.17, 15) is 0 Å². The van der Waals surface area contributed by atoms with Crippen LogP contribution in [-0.4, -0.2) is 63.6 Å². The molecule has 0 unspecified atom stereocenters. The van der Waals surface area contributed by atoms with Gasteiger partial charge in [0, 0.05) is 19.1 Å². The van der Waals surface area contributed by atoms with Crippen LogP contribution in [0.2, 0.25) is 0 Å². The molecule has 3 atom stereocenters. The third-order valence-electron chi connectivity index (χ3n) is 5.48. The van der Waals surface area contributed by atoms with E-state index in [1.165, 1.54) is 24.8 Å². The summed E-state index contributed by atoms with van der Waals surface area (Å²) in [6.07, 6.45) is 6.98. The topological polar surface area (TPSA) is 51.2 Å². The number of benzene rings is 1. The van der Waals surface area contributed by atoms with Gasteiger partial charge in [-0.05, 0) is 43.4 Å². The quantitative estimate of drug-likeness (QED) is 0.781. The molecule has 2 aliphatic rings. The van der Waals surface area contributed by atoms with E-state index in [0.717, 1.165) is 43.9 Å². The highest BCUT2D eigenvalue weighted by Crippen LogP contribution is 2.30. The number of hydrogen-bond acceptors (Lipinski definition) is 5. The van der Waals surface area contributed by atoms with Gasteiger partial charge in [0.05, 0.1) is 33.0 Å². The smallest absolute Gasteiger partial charge is 0.211 e. The number of aliphatic hydroxyl groups excluding tert-OH is 1. The average molecular weight is 350 g/mol. The minimum Gasteiger partial charge on any atom is -0.493 e. The Hall–Kier alpha value is -1.30. The van der Waals surface area contributed by atoms with E-state index in [1.54, 1.807) is 14.2 Å². The minimum atomic E-state index is 0.0596. The Morgan fingerprint density at radius 3 is 2.76 bits per heavy atom. The van der Waals surface area contributed by atoms with Crippen molar-refractivity contribution in [3.63, 3.8) is 0 Å². The maximum Gasteiger partial charge on any atom is 0.211 e. The second-order valence-electron chi connectivity index (χ2n) is 7.11. The zero-order chi connectivity index (χ0) is 18.4. The summed E-state index contributed by atoms with van der Waals surface area (Å²) in [5.74, 6) is 1.52. The maximum absolute atomic E-state index is 7.15. The molecule has 1 saturated heterocycles. The van der Waals surface area contributed by atoms with Gasteiger partial charge in [-0.1, -0.05) is 18.9 Å². The first-order chi connectivity index (χ1) is 12.7. The third kappa shape index (κ3) is 4.66. The van der Waals surface area contributed by atoms with E-state index in [2.05, 4.69) is 11.0 Å². The maximum atomic E-state index is 7.15. The summed E-state index contributed by atoms with van der Waals surface area (Å²) >= 11 is 0. The Balaban J connectivity index is 1.52. The van der Waals surface area contributed by atoms with Gasteiger partial charge in [-0.3, -0.25) is 4.90 Å². The van der Waals surface area contributed by atoms with E-state index >= 15 is 0 Å². The van der Waals surface area contributed by atoms with Crippen LogP contribution in [0.1, 0.15) is 37.7 Å². The van der Waals surface area contributed by atoms with Gasteiger partial charge >= 0.3 is 0 Å². The molecule has 140 valence electrons. The Morgan fingerprint density at radius 2 is 2.00 bits per heavy atom. The fourth-order valence-electron chi connectivity index (χ4n) is 4.11. The van der Waals surface area contributed by atoms with Crippen LogP contribution in [0.25, 0.3) is 0 Å². The van der Waals surface area contributed by atoms with Crippen molar-refractivity contribution < 1.29 is 19.3 Å². The van der Waals surface area contributed by atoms with E-state index in [0.29, 0.717) is 12.6 Å². The molecular weight excluding hydrogens is 318 g/mol. The summed E-state index contributed by atoms with van der Waals surface area (Å²) in [6.45, 7) is 2.59. The van der Waals surface area contributed by atoms with Crippen LogP contribution in [0, 0.1) is 0 Å². The molecule has 1 aliphatic carbocycles. The Kier molecular flexibility index (Phi) is 6.08. The number of hydrogen-bond donors (Lipinski definition) is 1. The molecule has 0 bridgehead atoms. The standard InChI is InChI=1S/C20H31NO4/c1-23-19-8-7-15(13-20(19)24-2)10-12-25-18-6-4-3-5-17(18)21-11-9-16(22)14-21/h7-8,13,16-18,22H,3-6,9-12,14H2,1-2H3/t16-,17-,18-/m1/s1/i22D.